The van der Waals surface area contributed by atoms with Crippen molar-refractivity contribution in [2.45, 2.75) is 32.0 Å². The molecule has 0 aliphatic carbocycles. The largest absolute Gasteiger partial charge is 0.297 e. The number of fused-ring (bicyclic) bond motifs is 4. The molecule has 1 aromatic heterocycles. The zero-order valence-electron chi connectivity index (χ0n) is 16.6. The van der Waals surface area contributed by atoms with Gasteiger partial charge in [0.05, 0.1) is 11.9 Å². The van der Waals surface area contributed by atoms with Crippen molar-refractivity contribution >= 4 is 0 Å². The number of halogens is 1. The quantitative estimate of drug-likeness (QED) is 0.655. The Labute approximate surface area is 171 Å². The average Bonchev–Trinajstić information content (AvgIpc) is 3.04. The van der Waals surface area contributed by atoms with Crippen molar-refractivity contribution in [3.63, 3.8) is 0 Å². The fraction of sp³-hybridized carbons (Fsp3) is 0.375. The Balaban J connectivity index is 1.26. The minimum Gasteiger partial charge on any atom is -0.297 e. The number of hydrogen-bond donors (Lipinski definition) is 0. The second-order valence-electron chi connectivity index (χ2n) is 8.48. The molecule has 3 saturated heterocycles. The maximum absolute atomic E-state index is 13.2. The van der Waals surface area contributed by atoms with E-state index in [1.54, 1.807) is 12.1 Å². The van der Waals surface area contributed by atoms with Crippen LogP contribution < -0.4 is 0 Å². The second kappa shape index (κ2) is 8.09. The van der Waals surface area contributed by atoms with Crippen molar-refractivity contribution in [3.8, 4) is 5.69 Å². The molecule has 0 N–H and O–H groups in total. The normalized spacial score (nSPS) is 22.7. The van der Waals surface area contributed by atoms with Gasteiger partial charge in [-0.05, 0) is 48.6 Å². The number of hydrogen-bond acceptors (Lipinski definition) is 3. The van der Waals surface area contributed by atoms with E-state index in [2.05, 4.69) is 33.2 Å². The maximum Gasteiger partial charge on any atom is 0.123 e. The third-order valence-corrected chi connectivity index (χ3v) is 6.26. The van der Waals surface area contributed by atoms with Crippen LogP contribution in [0.25, 0.3) is 5.69 Å². The van der Waals surface area contributed by atoms with Crippen molar-refractivity contribution < 1.29 is 4.39 Å². The lowest BCUT2D eigenvalue weighted by atomic mass is 9.95. The van der Waals surface area contributed by atoms with Crippen molar-refractivity contribution in [1.29, 1.82) is 0 Å². The van der Waals surface area contributed by atoms with Crippen LogP contribution in [0.5, 0.6) is 0 Å². The Kier molecular flexibility index (Phi) is 5.17. The number of nitrogens with zero attached hydrogens (tertiary/aromatic N) is 4. The van der Waals surface area contributed by atoms with Crippen LogP contribution in [0.1, 0.15) is 24.0 Å². The van der Waals surface area contributed by atoms with Crippen LogP contribution in [-0.2, 0) is 13.1 Å². The van der Waals surface area contributed by atoms with Gasteiger partial charge in [0.1, 0.15) is 5.82 Å². The third-order valence-electron chi connectivity index (χ3n) is 6.26. The summed E-state index contributed by atoms with van der Waals surface area (Å²) >= 11 is 0. The molecule has 6 rings (SSSR count). The Bertz CT molecular complexity index is 937. The van der Waals surface area contributed by atoms with E-state index in [1.807, 2.05) is 41.2 Å². The number of aromatic nitrogens is 2. The number of rotatable bonds is 5. The third kappa shape index (κ3) is 4.26. The molecule has 3 aliphatic heterocycles. The zero-order valence-corrected chi connectivity index (χ0v) is 16.6. The molecule has 29 heavy (non-hydrogen) atoms. The molecule has 0 saturated carbocycles. The zero-order chi connectivity index (χ0) is 19.6. The van der Waals surface area contributed by atoms with Gasteiger partial charge in [0.15, 0.2) is 0 Å². The Morgan fingerprint density at radius 2 is 1.69 bits per heavy atom. The molecule has 0 radical (unpaired) electrons. The molecule has 2 aromatic carbocycles. The van der Waals surface area contributed by atoms with Crippen LogP contribution in [-0.4, -0.2) is 45.3 Å². The summed E-state index contributed by atoms with van der Waals surface area (Å²) in [5, 5.41) is 4.56. The number of piperidine rings is 1. The van der Waals surface area contributed by atoms with E-state index in [-0.39, 0.29) is 5.82 Å². The monoisotopic (exact) mass is 390 g/mol. The van der Waals surface area contributed by atoms with E-state index >= 15 is 0 Å². The van der Waals surface area contributed by atoms with Crippen LogP contribution in [0, 0.1) is 11.7 Å². The van der Waals surface area contributed by atoms with Crippen LogP contribution >= 0.6 is 0 Å². The van der Waals surface area contributed by atoms with Crippen LogP contribution in [0.4, 0.5) is 4.39 Å². The molecule has 150 valence electrons. The number of para-hydroxylation sites is 1. The first-order valence-electron chi connectivity index (χ1n) is 10.5. The molecular formula is C24H27FN4. The van der Waals surface area contributed by atoms with Crippen molar-refractivity contribution in [3.05, 3.63) is 83.9 Å². The van der Waals surface area contributed by atoms with Gasteiger partial charge in [0.2, 0.25) is 0 Å². The van der Waals surface area contributed by atoms with Gasteiger partial charge >= 0.3 is 0 Å². The minimum atomic E-state index is -0.160. The first-order valence-corrected chi connectivity index (χ1v) is 10.5. The van der Waals surface area contributed by atoms with Gasteiger partial charge in [-0.2, -0.15) is 5.10 Å². The van der Waals surface area contributed by atoms with E-state index in [0.29, 0.717) is 12.0 Å². The lowest BCUT2D eigenvalue weighted by Crippen LogP contribution is -2.43. The SMILES string of the molecule is Fc1ccc(CN2CC3CCC(C2)N(Cc2cnn(-c4ccccc4)c2)C3)cc1. The molecule has 2 unspecified atom stereocenters. The first kappa shape index (κ1) is 18.5. The molecule has 2 atom stereocenters. The number of benzene rings is 2. The summed E-state index contributed by atoms with van der Waals surface area (Å²) in [6.45, 7) is 5.24. The molecule has 4 heterocycles. The topological polar surface area (TPSA) is 24.3 Å². The van der Waals surface area contributed by atoms with Gasteiger partial charge in [-0.15, -0.1) is 0 Å². The molecule has 0 amide bonds. The lowest BCUT2D eigenvalue weighted by molar-refractivity contribution is 0.123. The van der Waals surface area contributed by atoms with Gasteiger partial charge < -0.3 is 0 Å². The molecular weight excluding hydrogens is 363 g/mol. The van der Waals surface area contributed by atoms with E-state index < -0.39 is 0 Å². The summed E-state index contributed by atoms with van der Waals surface area (Å²) in [6.07, 6.45) is 6.73. The van der Waals surface area contributed by atoms with Gasteiger partial charge in [-0.1, -0.05) is 30.3 Å². The molecule has 3 aliphatic rings. The standard InChI is InChI=1S/C24H27FN4/c25-22-9-6-19(7-10-22)13-27-14-20-8-11-24(18-27)28(15-20)16-21-12-26-29(17-21)23-4-2-1-3-5-23/h1-7,9-10,12,17,20,24H,8,11,13-16,18H2. The van der Waals surface area contributed by atoms with E-state index in [0.717, 1.165) is 38.4 Å². The predicted octanol–water partition coefficient (Wildman–Crippen LogP) is 4.11. The summed E-state index contributed by atoms with van der Waals surface area (Å²) in [5.41, 5.74) is 3.57. The molecule has 3 fully saturated rings. The second-order valence-corrected chi connectivity index (χ2v) is 8.48. The molecule has 5 heteroatoms. The van der Waals surface area contributed by atoms with Crippen LogP contribution in [0.15, 0.2) is 67.0 Å². The lowest BCUT2D eigenvalue weighted by Gasteiger charge is -2.35. The van der Waals surface area contributed by atoms with Crippen LogP contribution in [0.3, 0.4) is 0 Å². The summed E-state index contributed by atoms with van der Waals surface area (Å²) in [7, 11) is 0. The molecule has 3 aromatic rings. The van der Waals surface area contributed by atoms with Gasteiger partial charge in [-0.3, -0.25) is 9.80 Å². The van der Waals surface area contributed by atoms with Crippen molar-refractivity contribution in [1.82, 2.24) is 19.6 Å². The predicted molar refractivity (Wildman–Crippen MR) is 112 cm³/mol. The van der Waals surface area contributed by atoms with Gasteiger partial charge in [-0.25, -0.2) is 9.07 Å². The smallest absolute Gasteiger partial charge is 0.123 e. The maximum atomic E-state index is 13.2. The fourth-order valence-electron chi connectivity index (χ4n) is 4.85. The Morgan fingerprint density at radius 1 is 0.862 bits per heavy atom. The van der Waals surface area contributed by atoms with Gasteiger partial charge in [0, 0.05) is 50.5 Å². The Hall–Kier alpha value is -2.50. The van der Waals surface area contributed by atoms with E-state index in [9.17, 15) is 4.39 Å². The summed E-state index contributed by atoms with van der Waals surface area (Å²) in [5.74, 6) is 0.547. The Morgan fingerprint density at radius 3 is 2.52 bits per heavy atom. The minimum absolute atomic E-state index is 0.160. The van der Waals surface area contributed by atoms with Crippen molar-refractivity contribution in [2.24, 2.45) is 5.92 Å². The highest BCUT2D eigenvalue weighted by Crippen LogP contribution is 2.30. The van der Waals surface area contributed by atoms with E-state index in [4.69, 9.17) is 0 Å². The highest BCUT2D eigenvalue weighted by molar-refractivity contribution is 5.31. The first-order chi connectivity index (χ1) is 14.2. The van der Waals surface area contributed by atoms with Crippen molar-refractivity contribution in [2.75, 3.05) is 19.6 Å². The summed E-state index contributed by atoms with van der Waals surface area (Å²) < 4.78 is 15.2. The molecule has 0 spiro atoms. The fourth-order valence-corrected chi connectivity index (χ4v) is 4.85. The van der Waals surface area contributed by atoms with E-state index in [1.165, 1.54) is 24.0 Å². The summed E-state index contributed by atoms with van der Waals surface area (Å²) in [4.78, 5) is 5.20. The average molecular weight is 391 g/mol. The highest BCUT2D eigenvalue weighted by Gasteiger charge is 2.34. The summed E-state index contributed by atoms with van der Waals surface area (Å²) in [6, 6.07) is 17.8. The van der Waals surface area contributed by atoms with Gasteiger partial charge in [0.25, 0.3) is 0 Å². The molecule has 2 bridgehead atoms. The highest BCUT2D eigenvalue weighted by atomic mass is 19.1. The van der Waals surface area contributed by atoms with Crippen LogP contribution in [0.2, 0.25) is 0 Å². The molecule has 4 nitrogen and oxygen atoms in total.